The molecule has 1 aromatic rings. The molecule has 0 unspecified atom stereocenters. The van der Waals surface area contributed by atoms with Crippen LogP contribution in [0.15, 0.2) is 24.3 Å². The Morgan fingerprint density at radius 2 is 1.89 bits per heavy atom. The second kappa shape index (κ2) is 7.07. The number of carbonyl (C=O) groups is 2. The molecule has 5 heteroatoms. The standard InChI is InChI=1S/C13H14N2O3/c14-9-8-10-4-6-11(7-5-10)15-12(16)2-1-3-13(17)18/h4-7H,1-3,8H2,(H,15,16)(H,17,18)/p-1. The molecule has 0 saturated carbocycles. The number of aliphatic carboxylic acids is 1. The Balaban J connectivity index is 2.40. The minimum atomic E-state index is -1.15. The van der Waals surface area contributed by atoms with Gasteiger partial charge in [0.15, 0.2) is 0 Å². The molecule has 0 radical (unpaired) electrons. The summed E-state index contributed by atoms with van der Waals surface area (Å²) in [5.74, 6) is -1.38. The Kier molecular flexibility index (Phi) is 5.39. The minimum Gasteiger partial charge on any atom is -0.550 e. The maximum absolute atomic E-state index is 11.4. The zero-order chi connectivity index (χ0) is 13.4. The first-order chi connectivity index (χ1) is 8.61. The molecule has 0 aliphatic heterocycles. The molecule has 0 fully saturated rings. The number of anilines is 1. The molecule has 0 saturated heterocycles. The molecule has 1 rings (SSSR count). The van der Waals surface area contributed by atoms with Gasteiger partial charge < -0.3 is 15.2 Å². The third-order valence-corrected chi connectivity index (χ3v) is 2.31. The van der Waals surface area contributed by atoms with Gasteiger partial charge in [0.2, 0.25) is 5.91 Å². The maximum Gasteiger partial charge on any atom is 0.224 e. The van der Waals surface area contributed by atoms with E-state index in [1.165, 1.54) is 0 Å². The maximum atomic E-state index is 11.4. The summed E-state index contributed by atoms with van der Waals surface area (Å²) in [6.07, 6.45) is 0.628. The molecular formula is C13H13N2O3-. The second-order valence-corrected chi connectivity index (χ2v) is 3.81. The highest BCUT2D eigenvalue weighted by atomic mass is 16.4. The molecule has 94 valence electrons. The summed E-state index contributed by atoms with van der Waals surface area (Å²) in [5.41, 5.74) is 1.52. The zero-order valence-electron chi connectivity index (χ0n) is 9.81. The molecule has 1 aromatic carbocycles. The number of rotatable bonds is 6. The number of amides is 1. The van der Waals surface area contributed by atoms with Crippen molar-refractivity contribution in [3.63, 3.8) is 0 Å². The number of hydrogen-bond donors (Lipinski definition) is 1. The molecule has 5 nitrogen and oxygen atoms in total. The lowest BCUT2D eigenvalue weighted by atomic mass is 10.1. The number of benzene rings is 1. The fourth-order valence-corrected chi connectivity index (χ4v) is 1.41. The van der Waals surface area contributed by atoms with Crippen molar-refractivity contribution in [2.24, 2.45) is 0 Å². The zero-order valence-corrected chi connectivity index (χ0v) is 9.81. The topological polar surface area (TPSA) is 93.0 Å². The normalized spacial score (nSPS) is 9.50. The van der Waals surface area contributed by atoms with Crippen LogP contribution in [0.1, 0.15) is 24.8 Å². The van der Waals surface area contributed by atoms with Crippen LogP contribution in [0.25, 0.3) is 0 Å². The van der Waals surface area contributed by atoms with E-state index >= 15 is 0 Å². The molecular weight excluding hydrogens is 232 g/mol. The number of carboxylic acid groups (broad SMARTS) is 1. The summed E-state index contributed by atoms with van der Waals surface area (Å²) in [6.45, 7) is 0. The number of carboxylic acids is 1. The highest BCUT2D eigenvalue weighted by molar-refractivity contribution is 5.90. The Hall–Kier alpha value is -2.35. The molecule has 0 aliphatic rings. The summed E-state index contributed by atoms with van der Waals surface area (Å²) in [7, 11) is 0. The van der Waals surface area contributed by atoms with E-state index < -0.39 is 5.97 Å². The van der Waals surface area contributed by atoms with E-state index in [0.717, 1.165) is 5.56 Å². The number of nitrogens with one attached hydrogen (secondary N) is 1. The van der Waals surface area contributed by atoms with E-state index in [1.54, 1.807) is 24.3 Å². The van der Waals surface area contributed by atoms with Crippen LogP contribution in [0.2, 0.25) is 0 Å². The Morgan fingerprint density at radius 3 is 2.44 bits per heavy atom. The van der Waals surface area contributed by atoms with Crippen molar-refractivity contribution in [1.82, 2.24) is 0 Å². The number of carbonyl (C=O) groups excluding carboxylic acids is 2. The molecule has 0 atom stereocenters. The first-order valence-corrected chi connectivity index (χ1v) is 5.57. The highest BCUT2D eigenvalue weighted by Gasteiger charge is 2.02. The fourth-order valence-electron chi connectivity index (χ4n) is 1.41. The first-order valence-electron chi connectivity index (χ1n) is 5.57. The molecule has 0 spiro atoms. The molecule has 0 bridgehead atoms. The molecule has 1 amide bonds. The van der Waals surface area contributed by atoms with Crippen molar-refractivity contribution in [2.45, 2.75) is 25.7 Å². The van der Waals surface area contributed by atoms with Gasteiger partial charge in [0.05, 0.1) is 12.5 Å². The van der Waals surface area contributed by atoms with Crippen LogP contribution in [0, 0.1) is 11.3 Å². The van der Waals surface area contributed by atoms with Gasteiger partial charge >= 0.3 is 0 Å². The van der Waals surface area contributed by atoms with Crippen LogP contribution in [-0.4, -0.2) is 11.9 Å². The van der Waals surface area contributed by atoms with Crippen LogP contribution in [0.3, 0.4) is 0 Å². The van der Waals surface area contributed by atoms with E-state index in [1.807, 2.05) is 6.07 Å². The summed E-state index contributed by atoms with van der Waals surface area (Å²) in [4.78, 5) is 21.6. The fraction of sp³-hybridized carbons (Fsp3) is 0.308. The Labute approximate surface area is 105 Å². The van der Waals surface area contributed by atoms with E-state index in [0.29, 0.717) is 12.1 Å². The van der Waals surface area contributed by atoms with Crippen molar-refractivity contribution < 1.29 is 14.7 Å². The van der Waals surface area contributed by atoms with E-state index in [2.05, 4.69) is 5.32 Å². The SMILES string of the molecule is N#CCc1ccc(NC(=O)CCCC(=O)[O-])cc1. The number of nitrogens with zero attached hydrogens (tertiary/aromatic N) is 1. The quantitative estimate of drug-likeness (QED) is 0.794. The van der Waals surface area contributed by atoms with Gasteiger partial charge in [-0.1, -0.05) is 12.1 Å². The monoisotopic (exact) mass is 245 g/mol. The van der Waals surface area contributed by atoms with Gasteiger partial charge in [0, 0.05) is 18.1 Å². The molecule has 18 heavy (non-hydrogen) atoms. The average Bonchev–Trinajstić information content (AvgIpc) is 2.31. The van der Waals surface area contributed by atoms with Crippen molar-refractivity contribution in [3.05, 3.63) is 29.8 Å². The van der Waals surface area contributed by atoms with Gasteiger partial charge in [-0.05, 0) is 30.5 Å². The van der Waals surface area contributed by atoms with Crippen LogP contribution >= 0.6 is 0 Å². The Morgan fingerprint density at radius 1 is 1.22 bits per heavy atom. The molecule has 1 N–H and O–H groups in total. The van der Waals surface area contributed by atoms with Gasteiger partial charge in [-0.2, -0.15) is 5.26 Å². The predicted molar refractivity (Wildman–Crippen MR) is 63.2 cm³/mol. The lowest BCUT2D eigenvalue weighted by Gasteiger charge is -2.06. The lowest BCUT2D eigenvalue weighted by Crippen LogP contribution is -2.22. The van der Waals surface area contributed by atoms with E-state index in [-0.39, 0.29) is 25.2 Å². The highest BCUT2D eigenvalue weighted by Crippen LogP contribution is 2.10. The third kappa shape index (κ3) is 5.12. The summed E-state index contributed by atoms with van der Waals surface area (Å²) >= 11 is 0. The van der Waals surface area contributed by atoms with Crippen LogP contribution < -0.4 is 10.4 Å². The molecule has 0 aliphatic carbocycles. The van der Waals surface area contributed by atoms with Gasteiger partial charge in [0.25, 0.3) is 0 Å². The lowest BCUT2D eigenvalue weighted by molar-refractivity contribution is -0.305. The summed E-state index contributed by atoms with van der Waals surface area (Å²) in [5, 5.41) is 21.3. The van der Waals surface area contributed by atoms with Crippen molar-refractivity contribution in [3.8, 4) is 6.07 Å². The van der Waals surface area contributed by atoms with Crippen molar-refractivity contribution >= 4 is 17.6 Å². The van der Waals surface area contributed by atoms with E-state index in [9.17, 15) is 14.7 Å². The smallest absolute Gasteiger partial charge is 0.224 e. The van der Waals surface area contributed by atoms with Crippen LogP contribution in [0.4, 0.5) is 5.69 Å². The van der Waals surface area contributed by atoms with Gasteiger partial charge in [-0.25, -0.2) is 0 Å². The summed E-state index contributed by atoms with van der Waals surface area (Å²) < 4.78 is 0. The third-order valence-electron chi connectivity index (χ3n) is 2.31. The van der Waals surface area contributed by atoms with Gasteiger partial charge in [0.1, 0.15) is 0 Å². The minimum absolute atomic E-state index is 0.117. The first kappa shape index (κ1) is 13.7. The van der Waals surface area contributed by atoms with Gasteiger partial charge in [-0.15, -0.1) is 0 Å². The molecule has 0 aromatic heterocycles. The van der Waals surface area contributed by atoms with Crippen molar-refractivity contribution in [2.75, 3.05) is 5.32 Å². The Bertz CT molecular complexity index is 460. The van der Waals surface area contributed by atoms with Crippen LogP contribution in [-0.2, 0) is 16.0 Å². The summed E-state index contributed by atoms with van der Waals surface area (Å²) in [6, 6.07) is 8.98. The van der Waals surface area contributed by atoms with Crippen LogP contribution in [0.5, 0.6) is 0 Å². The van der Waals surface area contributed by atoms with E-state index in [4.69, 9.17) is 5.26 Å². The number of hydrogen-bond acceptors (Lipinski definition) is 4. The number of nitriles is 1. The second-order valence-electron chi connectivity index (χ2n) is 3.81. The van der Waals surface area contributed by atoms with Crippen molar-refractivity contribution in [1.29, 1.82) is 5.26 Å². The predicted octanol–water partition coefficient (Wildman–Crippen LogP) is 0.611. The largest absolute Gasteiger partial charge is 0.550 e. The van der Waals surface area contributed by atoms with Gasteiger partial charge in [-0.3, -0.25) is 4.79 Å². The average molecular weight is 245 g/mol. The molecule has 0 heterocycles.